The fourth-order valence-corrected chi connectivity index (χ4v) is 9.23. The lowest BCUT2D eigenvalue weighted by molar-refractivity contribution is -0.132. The second-order valence-electron chi connectivity index (χ2n) is 20.0. The van der Waals surface area contributed by atoms with Crippen LogP contribution in [0.5, 0.6) is 0 Å². The van der Waals surface area contributed by atoms with Gasteiger partial charge in [0.25, 0.3) is 0 Å². The van der Waals surface area contributed by atoms with E-state index >= 15 is 0 Å². The number of aliphatic hydroxyl groups excluding tert-OH is 4. The smallest absolute Gasteiger partial charge is 0.249 e. The van der Waals surface area contributed by atoms with Crippen LogP contribution in [-0.4, -0.2) is 57.3 Å². The molecule has 0 aromatic heterocycles. The van der Waals surface area contributed by atoms with Gasteiger partial charge < -0.3 is 25.7 Å². The quantitative estimate of drug-likeness (QED) is 0.0309. The Morgan fingerprint density at radius 2 is 0.635 bits per heavy atom. The highest BCUT2D eigenvalue weighted by Gasteiger charge is 2.28. The molecule has 6 heteroatoms. The van der Waals surface area contributed by atoms with Gasteiger partial charge in [0, 0.05) is 0 Å². The van der Waals surface area contributed by atoms with Crippen LogP contribution in [0.3, 0.4) is 0 Å². The molecule has 4 unspecified atom stereocenters. The van der Waals surface area contributed by atoms with Crippen molar-refractivity contribution >= 4 is 5.91 Å². The van der Waals surface area contributed by atoms with E-state index in [-0.39, 0.29) is 0 Å². The molecular formula is C57H113NO5. The fraction of sp³-hybridized carbons (Fsp3) is 0.947. The third-order valence-corrected chi connectivity index (χ3v) is 13.7. The van der Waals surface area contributed by atoms with E-state index in [2.05, 4.69) is 31.3 Å². The van der Waals surface area contributed by atoms with E-state index in [0.717, 1.165) is 44.9 Å². The topological polar surface area (TPSA) is 110 Å². The molecule has 63 heavy (non-hydrogen) atoms. The largest absolute Gasteiger partial charge is 0.394 e. The minimum Gasteiger partial charge on any atom is -0.394 e. The lowest BCUT2D eigenvalue weighted by Crippen LogP contribution is -2.53. The molecule has 0 bridgehead atoms. The molecule has 1 amide bonds. The third-order valence-electron chi connectivity index (χ3n) is 13.7. The van der Waals surface area contributed by atoms with Crippen LogP contribution in [0.15, 0.2) is 12.2 Å². The summed E-state index contributed by atoms with van der Waals surface area (Å²) in [6, 6.07) is -0.986. The molecular weight excluding hydrogens is 779 g/mol. The van der Waals surface area contributed by atoms with Gasteiger partial charge in [0.15, 0.2) is 0 Å². The van der Waals surface area contributed by atoms with E-state index in [4.69, 9.17) is 0 Å². The van der Waals surface area contributed by atoms with Gasteiger partial charge in [-0.2, -0.15) is 0 Å². The van der Waals surface area contributed by atoms with Crippen LogP contribution in [0.4, 0.5) is 0 Å². The first kappa shape index (κ1) is 62.1. The summed E-state index contributed by atoms with van der Waals surface area (Å²) in [5.41, 5.74) is 0. The van der Waals surface area contributed by atoms with Gasteiger partial charge in [-0.15, -0.1) is 0 Å². The number of carbonyl (C=O) groups excluding carboxylic acids is 1. The molecule has 6 nitrogen and oxygen atoms in total. The van der Waals surface area contributed by atoms with E-state index in [1.807, 2.05) is 0 Å². The van der Waals surface area contributed by atoms with Crippen LogP contribution in [0.2, 0.25) is 0 Å². The standard InChI is InChI=1S/C57H113NO5/c1-3-5-7-9-11-13-15-17-19-21-22-23-24-25-26-27-28-29-30-31-32-33-34-35-37-38-40-42-44-46-48-50-54(60)56(62)53(52-59)58-57(63)55(61)51-49-47-45-43-41-39-36-20-18-16-14-12-10-8-6-4-2/h18,20,53-56,59-62H,3-17,19,21-52H2,1-2H3,(H,58,63)/b20-18-. The Balaban J connectivity index is 3.55. The molecule has 0 rings (SSSR count). The van der Waals surface area contributed by atoms with Crippen molar-refractivity contribution in [3.05, 3.63) is 12.2 Å². The highest BCUT2D eigenvalue weighted by atomic mass is 16.3. The molecule has 0 fully saturated rings. The van der Waals surface area contributed by atoms with Gasteiger partial charge in [-0.25, -0.2) is 0 Å². The zero-order chi connectivity index (χ0) is 45.9. The molecule has 0 aliphatic carbocycles. The predicted molar refractivity (Wildman–Crippen MR) is 275 cm³/mol. The summed E-state index contributed by atoms with van der Waals surface area (Å²) in [6.07, 6.45) is 61.5. The van der Waals surface area contributed by atoms with Crippen molar-refractivity contribution in [2.24, 2.45) is 0 Å². The highest BCUT2D eigenvalue weighted by molar-refractivity contribution is 5.80. The summed E-state index contributed by atoms with van der Waals surface area (Å²) in [4.78, 5) is 12.6. The minimum absolute atomic E-state index is 0.365. The summed E-state index contributed by atoms with van der Waals surface area (Å²) >= 11 is 0. The number of carbonyl (C=O) groups is 1. The zero-order valence-corrected chi connectivity index (χ0v) is 42.6. The van der Waals surface area contributed by atoms with E-state index in [9.17, 15) is 25.2 Å². The third kappa shape index (κ3) is 46.0. The van der Waals surface area contributed by atoms with Gasteiger partial charge in [-0.05, 0) is 38.5 Å². The van der Waals surface area contributed by atoms with Crippen molar-refractivity contribution < 1.29 is 25.2 Å². The summed E-state index contributed by atoms with van der Waals surface area (Å²) < 4.78 is 0. The van der Waals surface area contributed by atoms with Crippen molar-refractivity contribution in [2.75, 3.05) is 6.61 Å². The van der Waals surface area contributed by atoms with Gasteiger partial charge in [-0.3, -0.25) is 4.79 Å². The number of aliphatic hydroxyl groups is 4. The second-order valence-corrected chi connectivity index (χ2v) is 20.0. The molecule has 0 radical (unpaired) electrons. The number of unbranched alkanes of at least 4 members (excludes halogenated alkanes) is 42. The van der Waals surface area contributed by atoms with Crippen LogP contribution in [0.1, 0.15) is 316 Å². The number of nitrogens with one attached hydrogen (secondary N) is 1. The molecule has 0 heterocycles. The molecule has 0 aliphatic heterocycles. The monoisotopic (exact) mass is 892 g/mol. The van der Waals surface area contributed by atoms with Crippen LogP contribution in [-0.2, 0) is 4.79 Å². The zero-order valence-electron chi connectivity index (χ0n) is 42.6. The van der Waals surface area contributed by atoms with Crippen LogP contribution in [0.25, 0.3) is 0 Å². The van der Waals surface area contributed by atoms with Crippen molar-refractivity contribution in [1.29, 1.82) is 0 Å². The SMILES string of the molecule is CCCCCCCC/C=C\CCCCCCCCC(O)C(=O)NC(CO)C(O)C(O)CCCCCCCCCCCCCCCCCCCCCCCCCCCCCCCCC. The first-order valence-corrected chi connectivity index (χ1v) is 28.6. The Labute approximate surface area is 393 Å². The Morgan fingerprint density at radius 1 is 0.381 bits per heavy atom. The maximum absolute atomic E-state index is 12.6. The molecule has 0 aromatic carbocycles. The van der Waals surface area contributed by atoms with Crippen LogP contribution >= 0.6 is 0 Å². The molecule has 5 N–H and O–H groups in total. The van der Waals surface area contributed by atoms with E-state index < -0.39 is 36.9 Å². The minimum atomic E-state index is -1.26. The Morgan fingerprint density at radius 3 is 0.921 bits per heavy atom. The first-order valence-electron chi connectivity index (χ1n) is 28.6. The van der Waals surface area contributed by atoms with Gasteiger partial charge in [0.2, 0.25) is 5.91 Å². The first-order chi connectivity index (χ1) is 31.0. The molecule has 0 saturated heterocycles. The number of allylic oxidation sites excluding steroid dienone is 2. The fourth-order valence-electron chi connectivity index (χ4n) is 9.23. The van der Waals surface area contributed by atoms with E-state index in [0.29, 0.717) is 12.8 Å². The Kier molecular flexibility index (Phi) is 51.2. The predicted octanol–water partition coefficient (Wildman–Crippen LogP) is 16.5. The summed E-state index contributed by atoms with van der Waals surface area (Å²) in [7, 11) is 0. The lowest BCUT2D eigenvalue weighted by Gasteiger charge is -2.27. The molecule has 0 saturated carbocycles. The second kappa shape index (κ2) is 52.0. The Hall–Kier alpha value is -0.950. The van der Waals surface area contributed by atoms with Crippen molar-refractivity contribution in [3.8, 4) is 0 Å². The number of amides is 1. The maximum atomic E-state index is 12.6. The normalized spacial score (nSPS) is 13.8. The van der Waals surface area contributed by atoms with Crippen molar-refractivity contribution in [3.63, 3.8) is 0 Å². The number of hydrogen-bond donors (Lipinski definition) is 5. The van der Waals surface area contributed by atoms with Gasteiger partial charge >= 0.3 is 0 Å². The highest BCUT2D eigenvalue weighted by Crippen LogP contribution is 2.18. The summed E-state index contributed by atoms with van der Waals surface area (Å²) in [5.74, 6) is -0.584. The molecule has 0 aliphatic rings. The summed E-state index contributed by atoms with van der Waals surface area (Å²) in [5, 5.41) is 44.0. The van der Waals surface area contributed by atoms with Crippen LogP contribution < -0.4 is 5.32 Å². The average Bonchev–Trinajstić information content (AvgIpc) is 3.29. The van der Waals surface area contributed by atoms with Crippen molar-refractivity contribution in [2.45, 2.75) is 340 Å². The lowest BCUT2D eigenvalue weighted by atomic mass is 9.99. The maximum Gasteiger partial charge on any atom is 0.249 e. The van der Waals surface area contributed by atoms with E-state index in [1.54, 1.807) is 0 Å². The number of rotatable bonds is 53. The number of hydrogen-bond acceptors (Lipinski definition) is 5. The van der Waals surface area contributed by atoms with E-state index in [1.165, 1.54) is 244 Å². The molecule has 0 spiro atoms. The molecule has 376 valence electrons. The van der Waals surface area contributed by atoms with Crippen LogP contribution in [0, 0.1) is 0 Å². The summed E-state index contributed by atoms with van der Waals surface area (Å²) in [6.45, 7) is 4.08. The molecule has 4 atom stereocenters. The van der Waals surface area contributed by atoms with Crippen molar-refractivity contribution in [1.82, 2.24) is 5.32 Å². The van der Waals surface area contributed by atoms with Gasteiger partial charge in [-0.1, -0.05) is 289 Å². The molecule has 0 aromatic rings. The van der Waals surface area contributed by atoms with Gasteiger partial charge in [0.05, 0.1) is 18.8 Å². The average molecular weight is 893 g/mol. The Bertz CT molecular complexity index is 913. The van der Waals surface area contributed by atoms with Gasteiger partial charge in [0.1, 0.15) is 12.2 Å².